The van der Waals surface area contributed by atoms with Crippen molar-refractivity contribution in [2.24, 2.45) is 0 Å². The van der Waals surface area contributed by atoms with Crippen LogP contribution in [0.1, 0.15) is 44.6 Å². The molecule has 6 nitrogen and oxygen atoms in total. The Kier molecular flexibility index (Phi) is 6.74. The van der Waals surface area contributed by atoms with Crippen LogP contribution in [0.3, 0.4) is 0 Å². The van der Waals surface area contributed by atoms with Crippen molar-refractivity contribution in [1.29, 1.82) is 0 Å². The van der Waals surface area contributed by atoms with Crippen LogP contribution in [0.5, 0.6) is 5.75 Å². The highest BCUT2D eigenvalue weighted by Gasteiger charge is 2.25. The molecule has 2 rings (SSSR count). The second kappa shape index (κ2) is 8.80. The Morgan fingerprint density at radius 1 is 1.23 bits per heavy atom. The van der Waals surface area contributed by atoms with Crippen LogP contribution in [0.2, 0.25) is 0 Å². The fourth-order valence-electron chi connectivity index (χ4n) is 2.39. The zero-order chi connectivity index (χ0) is 19.3. The van der Waals surface area contributed by atoms with Crippen molar-refractivity contribution in [2.45, 2.75) is 46.3 Å². The zero-order valence-electron chi connectivity index (χ0n) is 15.4. The molecule has 26 heavy (non-hydrogen) atoms. The molecule has 0 bridgehead atoms. The third kappa shape index (κ3) is 5.05. The number of rotatable bonds is 8. The second-order valence-corrected chi connectivity index (χ2v) is 7.17. The van der Waals surface area contributed by atoms with Crippen molar-refractivity contribution in [3.8, 4) is 16.3 Å². The molecule has 1 amide bonds. The van der Waals surface area contributed by atoms with Gasteiger partial charge in [0.15, 0.2) is 0 Å². The number of thiazole rings is 1. The van der Waals surface area contributed by atoms with E-state index in [1.165, 1.54) is 16.2 Å². The monoisotopic (exact) mass is 376 g/mol. The van der Waals surface area contributed by atoms with E-state index in [4.69, 9.17) is 9.84 Å². The maximum Gasteiger partial charge on any atom is 0.323 e. The summed E-state index contributed by atoms with van der Waals surface area (Å²) >= 11 is 1.36. The van der Waals surface area contributed by atoms with E-state index in [2.05, 4.69) is 4.98 Å². The van der Waals surface area contributed by atoms with E-state index in [0.717, 1.165) is 11.3 Å². The van der Waals surface area contributed by atoms with Gasteiger partial charge in [0, 0.05) is 17.0 Å². The first-order chi connectivity index (χ1) is 12.3. The minimum Gasteiger partial charge on any atom is -0.491 e. The summed E-state index contributed by atoms with van der Waals surface area (Å²) in [5.74, 6) is -0.611. The lowest BCUT2D eigenvalue weighted by Crippen LogP contribution is -2.42. The number of carboxylic acids is 1. The Labute approximate surface area is 157 Å². The number of hydrogen-bond acceptors (Lipinski definition) is 5. The van der Waals surface area contributed by atoms with Crippen LogP contribution in [-0.2, 0) is 4.79 Å². The van der Waals surface area contributed by atoms with Gasteiger partial charge in [-0.2, -0.15) is 0 Å². The Balaban J connectivity index is 2.19. The minimum atomic E-state index is -1.03. The fraction of sp³-hybridized carbons (Fsp3) is 0.421. The van der Waals surface area contributed by atoms with Gasteiger partial charge < -0.3 is 14.7 Å². The lowest BCUT2D eigenvalue weighted by Gasteiger charge is -2.26. The van der Waals surface area contributed by atoms with Gasteiger partial charge in [0.05, 0.1) is 6.10 Å². The van der Waals surface area contributed by atoms with E-state index >= 15 is 0 Å². The molecule has 2 aromatic rings. The smallest absolute Gasteiger partial charge is 0.323 e. The van der Waals surface area contributed by atoms with Crippen LogP contribution in [0.4, 0.5) is 0 Å². The molecule has 1 heterocycles. The quantitative estimate of drug-likeness (QED) is 0.755. The molecule has 0 saturated carbocycles. The van der Waals surface area contributed by atoms with E-state index in [1.807, 2.05) is 52.0 Å². The minimum absolute atomic E-state index is 0.103. The summed E-state index contributed by atoms with van der Waals surface area (Å²) < 4.78 is 5.62. The van der Waals surface area contributed by atoms with Gasteiger partial charge in [-0.05, 0) is 51.5 Å². The summed E-state index contributed by atoms with van der Waals surface area (Å²) in [7, 11) is 0. The summed E-state index contributed by atoms with van der Waals surface area (Å²) in [5, 5.41) is 11.5. The first-order valence-electron chi connectivity index (χ1n) is 8.57. The van der Waals surface area contributed by atoms with Crippen molar-refractivity contribution in [1.82, 2.24) is 9.88 Å². The predicted molar refractivity (Wildman–Crippen MR) is 102 cm³/mol. The number of carbonyl (C=O) groups is 2. The van der Waals surface area contributed by atoms with Crippen molar-refractivity contribution < 1.29 is 19.4 Å². The van der Waals surface area contributed by atoms with Crippen LogP contribution < -0.4 is 4.74 Å². The third-order valence-electron chi connectivity index (χ3n) is 3.89. The Bertz CT molecular complexity index is 755. The number of benzene rings is 1. The van der Waals surface area contributed by atoms with Crippen LogP contribution in [-0.4, -0.2) is 45.6 Å². The number of carboxylic acid groups (broad SMARTS) is 1. The molecule has 0 aliphatic carbocycles. The normalized spacial score (nSPS) is 12.0. The van der Waals surface area contributed by atoms with E-state index in [-0.39, 0.29) is 30.3 Å². The zero-order valence-corrected chi connectivity index (χ0v) is 16.2. The molecule has 7 heteroatoms. The highest BCUT2D eigenvalue weighted by molar-refractivity contribution is 7.13. The molecule has 1 atom stereocenters. The summed E-state index contributed by atoms with van der Waals surface area (Å²) in [6.07, 6.45) is 0.776. The number of aromatic nitrogens is 1. The first kappa shape index (κ1) is 19.9. The van der Waals surface area contributed by atoms with E-state index in [0.29, 0.717) is 11.4 Å². The predicted octanol–water partition coefficient (Wildman–Crippen LogP) is 3.92. The summed E-state index contributed by atoms with van der Waals surface area (Å²) in [4.78, 5) is 29.5. The number of amides is 1. The van der Waals surface area contributed by atoms with Crippen molar-refractivity contribution in [3.05, 3.63) is 35.3 Å². The van der Waals surface area contributed by atoms with Crippen molar-refractivity contribution in [3.63, 3.8) is 0 Å². The standard InChI is InChI=1S/C19H24N2O4S/c1-5-13(4)21(10-17(22)23)19(24)16-11-26-18(20-16)14-6-8-15(9-7-14)25-12(2)3/h6-9,11-13H,5,10H2,1-4H3,(H,22,23). The molecule has 140 valence electrons. The highest BCUT2D eigenvalue weighted by atomic mass is 32.1. The molecule has 0 aliphatic heterocycles. The fourth-order valence-corrected chi connectivity index (χ4v) is 3.19. The van der Waals surface area contributed by atoms with Gasteiger partial charge in [-0.1, -0.05) is 6.92 Å². The lowest BCUT2D eigenvalue weighted by atomic mass is 10.2. The molecule has 1 aromatic heterocycles. The summed E-state index contributed by atoms with van der Waals surface area (Å²) in [6, 6.07) is 7.36. The van der Waals surface area contributed by atoms with E-state index < -0.39 is 5.97 Å². The van der Waals surface area contributed by atoms with Gasteiger partial charge in [0.2, 0.25) is 0 Å². The van der Waals surface area contributed by atoms with Crippen LogP contribution in [0, 0.1) is 0 Å². The van der Waals surface area contributed by atoms with E-state index in [9.17, 15) is 9.59 Å². The molecule has 0 fully saturated rings. The van der Waals surface area contributed by atoms with Gasteiger partial charge >= 0.3 is 5.97 Å². The first-order valence-corrected chi connectivity index (χ1v) is 9.45. The Morgan fingerprint density at radius 3 is 2.42 bits per heavy atom. The van der Waals surface area contributed by atoms with Gasteiger partial charge in [-0.3, -0.25) is 9.59 Å². The molecule has 0 aliphatic rings. The topological polar surface area (TPSA) is 79.7 Å². The van der Waals surface area contributed by atoms with Gasteiger partial charge in [-0.15, -0.1) is 11.3 Å². The van der Waals surface area contributed by atoms with Crippen LogP contribution >= 0.6 is 11.3 Å². The second-order valence-electron chi connectivity index (χ2n) is 6.31. The molecular formula is C19H24N2O4S. The van der Waals surface area contributed by atoms with Gasteiger partial charge in [-0.25, -0.2) is 4.98 Å². The maximum atomic E-state index is 12.7. The number of hydrogen-bond donors (Lipinski definition) is 1. The number of nitrogens with zero attached hydrogens (tertiary/aromatic N) is 2. The third-order valence-corrected chi connectivity index (χ3v) is 4.78. The summed E-state index contributed by atoms with van der Waals surface area (Å²) in [5.41, 5.74) is 1.16. The van der Waals surface area contributed by atoms with Crippen LogP contribution in [0.15, 0.2) is 29.6 Å². The molecule has 0 saturated heterocycles. The molecule has 0 radical (unpaired) electrons. The average Bonchev–Trinajstić information content (AvgIpc) is 3.08. The molecule has 0 spiro atoms. The molecule has 1 unspecified atom stereocenters. The molecule has 1 N–H and O–H groups in total. The summed E-state index contributed by atoms with van der Waals surface area (Å²) in [6.45, 7) is 7.35. The lowest BCUT2D eigenvalue weighted by molar-refractivity contribution is -0.138. The SMILES string of the molecule is CCC(C)N(CC(=O)O)C(=O)c1csc(-c2ccc(OC(C)C)cc2)n1. The van der Waals surface area contributed by atoms with Crippen molar-refractivity contribution >= 4 is 23.2 Å². The maximum absolute atomic E-state index is 12.7. The Hall–Kier alpha value is -2.41. The average molecular weight is 376 g/mol. The van der Waals surface area contributed by atoms with E-state index in [1.54, 1.807) is 5.38 Å². The largest absolute Gasteiger partial charge is 0.491 e. The highest BCUT2D eigenvalue weighted by Crippen LogP contribution is 2.27. The molecule has 1 aromatic carbocycles. The van der Waals surface area contributed by atoms with Crippen LogP contribution in [0.25, 0.3) is 10.6 Å². The Morgan fingerprint density at radius 2 is 1.88 bits per heavy atom. The number of carbonyl (C=O) groups excluding carboxylic acids is 1. The number of aliphatic carboxylic acids is 1. The number of ether oxygens (including phenoxy) is 1. The van der Waals surface area contributed by atoms with Gasteiger partial charge in [0.1, 0.15) is 23.0 Å². The van der Waals surface area contributed by atoms with Crippen molar-refractivity contribution in [2.75, 3.05) is 6.54 Å². The van der Waals surface area contributed by atoms with Gasteiger partial charge in [0.25, 0.3) is 5.91 Å². The molecular weight excluding hydrogens is 352 g/mol.